The van der Waals surface area contributed by atoms with E-state index in [9.17, 15) is 4.79 Å². The fraction of sp³-hybridized carbons (Fsp3) is 0.333. The van der Waals surface area contributed by atoms with Crippen molar-refractivity contribution in [3.8, 4) is 0 Å². The molecule has 1 heterocycles. The van der Waals surface area contributed by atoms with E-state index in [4.69, 9.17) is 9.84 Å². The quantitative estimate of drug-likeness (QED) is 0.675. The summed E-state index contributed by atoms with van der Waals surface area (Å²) in [6.07, 6.45) is 5.94. The number of carboxylic acid groups (broad SMARTS) is 1. The van der Waals surface area contributed by atoms with Gasteiger partial charge < -0.3 is 15.2 Å². The molecule has 0 bridgehead atoms. The van der Waals surface area contributed by atoms with Crippen molar-refractivity contribution < 1.29 is 14.6 Å². The van der Waals surface area contributed by atoms with Gasteiger partial charge in [-0.25, -0.2) is 4.79 Å². The summed E-state index contributed by atoms with van der Waals surface area (Å²) in [6, 6.07) is 14.0. The Morgan fingerprint density at radius 2 is 1.89 bits per heavy atom. The van der Waals surface area contributed by atoms with Gasteiger partial charge in [0.2, 0.25) is 0 Å². The van der Waals surface area contributed by atoms with Crippen LogP contribution in [0.4, 0.5) is 21.9 Å². The highest BCUT2D eigenvalue weighted by atomic mass is 16.5. The molecule has 2 aromatic carbocycles. The highest BCUT2D eigenvalue weighted by Gasteiger charge is 2.23. The van der Waals surface area contributed by atoms with Crippen molar-refractivity contribution in [2.45, 2.75) is 44.6 Å². The van der Waals surface area contributed by atoms with Gasteiger partial charge >= 0.3 is 6.09 Å². The second-order valence-electron chi connectivity index (χ2n) is 7.06. The van der Waals surface area contributed by atoms with Crippen LogP contribution in [0.1, 0.15) is 49.1 Å². The van der Waals surface area contributed by atoms with Crippen molar-refractivity contribution in [2.75, 3.05) is 10.6 Å². The molecule has 3 aliphatic rings. The van der Waals surface area contributed by atoms with E-state index in [1.54, 1.807) is 18.2 Å². The minimum Gasteiger partial charge on any atom is -0.465 e. The summed E-state index contributed by atoms with van der Waals surface area (Å²) in [5, 5.41) is 14.3. The lowest BCUT2D eigenvalue weighted by atomic mass is 10.1. The monoisotopic (exact) mass is 365 g/mol. The Labute approximate surface area is 158 Å². The largest absolute Gasteiger partial charge is 0.465 e. The summed E-state index contributed by atoms with van der Waals surface area (Å²) in [4.78, 5) is 15.2. The highest BCUT2D eigenvalue weighted by molar-refractivity contribution is 5.92. The summed E-state index contributed by atoms with van der Waals surface area (Å²) in [6.45, 7) is 0.346. The molecule has 1 aliphatic heterocycles. The van der Waals surface area contributed by atoms with E-state index in [1.807, 2.05) is 12.1 Å². The SMILES string of the molecule is C1CC1.O=C(O)Nc1ccc2c(c1)COC(Nc1cccc(C3CC3)c1)=N2. The molecule has 0 radical (unpaired) electrons. The number of nitrogens with one attached hydrogen (secondary N) is 2. The molecule has 0 unspecified atom stereocenters. The van der Waals surface area contributed by atoms with Crippen LogP contribution in [-0.2, 0) is 11.3 Å². The number of nitrogens with zero attached hydrogens (tertiary/aromatic N) is 1. The van der Waals surface area contributed by atoms with Gasteiger partial charge in [0.1, 0.15) is 6.61 Å². The van der Waals surface area contributed by atoms with Gasteiger partial charge in [-0.05, 0) is 54.7 Å². The fourth-order valence-electron chi connectivity index (χ4n) is 2.77. The first kappa shape index (κ1) is 17.4. The number of fused-ring (bicyclic) bond motifs is 1. The Morgan fingerprint density at radius 3 is 2.59 bits per heavy atom. The smallest absolute Gasteiger partial charge is 0.409 e. The van der Waals surface area contributed by atoms with Gasteiger partial charge in [0, 0.05) is 16.9 Å². The first-order chi connectivity index (χ1) is 13.2. The molecule has 0 atom stereocenters. The minimum absolute atomic E-state index is 0.346. The zero-order chi connectivity index (χ0) is 18.6. The number of rotatable bonds is 3. The topological polar surface area (TPSA) is 83.0 Å². The number of anilines is 2. The lowest BCUT2D eigenvalue weighted by Crippen LogP contribution is -2.19. The maximum Gasteiger partial charge on any atom is 0.409 e. The molecule has 0 spiro atoms. The highest BCUT2D eigenvalue weighted by Crippen LogP contribution is 2.40. The number of amidine groups is 1. The molecule has 2 fully saturated rings. The molecule has 6 heteroatoms. The fourth-order valence-corrected chi connectivity index (χ4v) is 2.77. The van der Waals surface area contributed by atoms with E-state index in [-0.39, 0.29) is 0 Å². The van der Waals surface area contributed by atoms with E-state index in [0.717, 1.165) is 16.9 Å². The normalized spacial score (nSPS) is 16.7. The second-order valence-corrected chi connectivity index (χ2v) is 7.06. The number of benzene rings is 2. The predicted octanol–water partition coefficient (Wildman–Crippen LogP) is 5.45. The zero-order valence-corrected chi connectivity index (χ0v) is 15.1. The molecule has 2 saturated carbocycles. The van der Waals surface area contributed by atoms with Crippen LogP contribution in [-0.4, -0.2) is 17.2 Å². The van der Waals surface area contributed by atoms with Gasteiger partial charge in [-0.2, -0.15) is 4.99 Å². The van der Waals surface area contributed by atoms with E-state index in [0.29, 0.717) is 24.2 Å². The molecule has 27 heavy (non-hydrogen) atoms. The summed E-state index contributed by atoms with van der Waals surface area (Å²) >= 11 is 0. The van der Waals surface area contributed by atoms with Gasteiger partial charge in [0.05, 0.1) is 5.69 Å². The average molecular weight is 365 g/mol. The molecule has 2 aliphatic carbocycles. The van der Waals surface area contributed by atoms with Crippen LogP contribution >= 0.6 is 0 Å². The number of ether oxygens (including phenoxy) is 1. The third kappa shape index (κ3) is 5.00. The van der Waals surface area contributed by atoms with Crippen molar-refractivity contribution in [1.82, 2.24) is 0 Å². The first-order valence-electron chi connectivity index (χ1n) is 9.39. The van der Waals surface area contributed by atoms with Crippen LogP contribution in [0.2, 0.25) is 0 Å². The third-order valence-corrected chi connectivity index (χ3v) is 4.46. The molecule has 2 aromatic rings. The van der Waals surface area contributed by atoms with Crippen LogP contribution in [0.15, 0.2) is 47.5 Å². The van der Waals surface area contributed by atoms with Gasteiger partial charge in [0.25, 0.3) is 6.02 Å². The van der Waals surface area contributed by atoms with E-state index in [2.05, 4.69) is 27.8 Å². The standard InChI is InChI=1S/C18H17N3O3.C3H6/c22-18(23)20-15-6-7-16-13(9-15)10-24-17(21-16)19-14-3-1-2-12(8-14)11-4-5-11;1-2-3-1/h1-3,6-9,11,20H,4-5,10H2,(H,19,21)(H,22,23);1-3H2. The van der Waals surface area contributed by atoms with Crippen LogP contribution in [0.25, 0.3) is 0 Å². The number of amides is 1. The Bertz CT molecular complexity index is 870. The van der Waals surface area contributed by atoms with Gasteiger partial charge in [-0.3, -0.25) is 5.32 Å². The zero-order valence-electron chi connectivity index (χ0n) is 15.1. The van der Waals surface area contributed by atoms with E-state index in [1.165, 1.54) is 37.7 Å². The third-order valence-electron chi connectivity index (χ3n) is 4.46. The van der Waals surface area contributed by atoms with E-state index >= 15 is 0 Å². The number of hydrogen-bond acceptors (Lipinski definition) is 4. The molecular weight excluding hydrogens is 342 g/mol. The molecule has 140 valence electrons. The summed E-state index contributed by atoms with van der Waals surface area (Å²) in [5.74, 6) is 0.696. The average Bonchev–Trinajstić information content (AvgIpc) is 3.54. The molecule has 1 amide bonds. The Balaban J connectivity index is 0.000000547. The van der Waals surface area contributed by atoms with Crippen LogP contribution in [0, 0.1) is 0 Å². The maximum absolute atomic E-state index is 10.7. The Morgan fingerprint density at radius 1 is 1.07 bits per heavy atom. The molecule has 6 nitrogen and oxygen atoms in total. The first-order valence-corrected chi connectivity index (χ1v) is 9.39. The van der Waals surface area contributed by atoms with E-state index < -0.39 is 6.09 Å². The molecule has 3 N–H and O–H groups in total. The predicted molar refractivity (Wildman–Crippen MR) is 106 cm³/mol. The number of hydrogen-bond donors (Lipinski definition) is 3. The lowest BCUT2D eigenvalue weighted by Gasteiger charge is -2.18. The summed E-state index contributed by atoms with van der Waals surface area (Å²) < 4.78 is 5.65. The molecule has 5 rings (SSSR count). The summed E-state index contributed by atoms with van der Waals surface area (Å²) in [5.41, 5.74) is 4.44. The molecular formula is C21H23N3O3. The van der Waals surface area contributed by atoms with Crippen molar-refractivity contribution in [1.29, 1.82) is 0 Å². The molecule has 0 saturated heterocycles. The van der Waals surface area contributed by atoms with Gasteiger partial charge in [-0.1, -0.05) is 31.4 Å². The van der Waals surface area contributed by atoms with Crippen LogP contribution in [0.3, 0.4) is 0 Å². The lowest BCUT2D eigenvalue weighted by molar-refractivity contribution is 0.209. The number of aliphatic imine (C=N–C) groups is 1. The van der Waals surface area contributed by atoms with Crippen molar-refractivity contribution in [3.63, 3.8) is 0 Å². The molecule has 0 aromatic heterocycles. The van der Waals surface area contributed by atoms with Crippen LogP contribution in [0.5, 0.6) is 0 Å². The second kappa shape index (κ2) is 7.70. The van der Waals surface area contributed by atoms with Crippen LogP contribution < -0.4 is 10.6 Å². The van der Waals surface area contributed by atoms with Crippen molar-refractivity contribution >= 4 is 29.2 Å². The van der Waals surface area contributed by atoms with Gasteiger partial charge in [-0.15, -0.1) is 0 Å². The van der Waals surface area contributed by atoms with Crippen molar-refractivity contribution in [2.24, 2.45) is 4.99 Å². The Kier molecular flexibility index (Phi) is 4.96. The minimum atomic E-state index is -1.09. The summed E-state index contributed by atoms with van der Waals surface area (Å²) in [7, 11) is 0. The maximum atomic E-state index is 10.7. The number of carbonyl (C=O) groups is 1. The van der Waals surface area contributed by atoms with Gasteiger partial charge in [0.15, 0.2) is 0 Å². The van der Waals surface area contributed by atoms with Crippen molar-refractivity contribution in [3.05, 3.63) is 53.6 Å². The Hall–Kier alpha value is -3.02.